The van der Waals surface area contributed by atoms with Crippen molar-refractivity contribution in [3.63, 3.8) is 0 Å². The number of hydrogen-bond acceptors (Lipinski definition) is 3. The van der Waals surface area contributed by atoms with Gasteiger partial charge in [0.1, 0.15) is 0 Å². The van der Waals surface area contributed by atoms with Crippen LogP contribution in [0.25, 0.3) is 0 Å². The molecule has 2 rings (SSSR count). The molecule has 3 heteroatoms. The van der Waals surface area contributed by atoms with E-state index in [1.807, 2.05) is 0 Å². The van der Waals surface area contributed by atoms with E-state index >= 15 is 0 Å². The zero-order chi connectivity index (χ0) is 10.5. The summed E-state index contributed by atoms with van der Waals surface area (Å²) in [4.78, 5) is 0. The third kappa shape index (κ3) is 3.44. The van der Waals surface area contributed by atoms with Crippen LogP contribution in [0, 0.1) is 5.92 Å². The molecule has 1 atom stereocenters. The van der Waals surface area contributed by atoms with Crippen LogP contribution in [-0.2, 0) is 4.74 Å². The highest BCUT2D eigenvalue weighted by Crippen LogP contribution is 2.26. The Bertz CT molecular complexity index is 174. The molecular weight excluding hydrogens is 188 g/mol. The average Bonchev–Trinajstić information content (AvgIpc) is 2.31. The summed E-state index contributed by atoms with van der Waals surface area (Å²) >= 11 is 0. The highest BCUT2D eigenvalue weighted by Gasteiger charge is 2.22. The first-order valence-electron chi connectivity index (χ1n) is 6.45. The Morgan fingerprint density at radius 1 is 1.13 bits per heavy atom. The Balaban J connectivity index is 1.72. The lowest BCUT2D eigenvalue weighted by Gasteiger charge is -2.35. The molecule has 0 aromatic carbocycles. The minimum Gasteiger partial charge on any atom is -0.379 e. The fourth-order valence-corrected chi connectivity index (χ4v) is 2.72. The van der Waals surface area contributed by atoms with Gasteiger partial charge in [0.15, 0.2) is 0 Å². The minimum atomic E-state index is 0.642. The molecule has 1 aliphatic carbocycles. The summed E-state index contributed by atoms with van der Waals surface area (Å²) < 4.78 is 5.35. The van der Waals surface area contributed by atoms with Crippen LogP contribution in [0.1, 0.15) is 39.0 Å². The normalized spacial score (nSPS) is 27.8. The van der Waals surface area contributed by atoms with Crippen molar-refractivity contribution in [3.8, 4) is 0 Å². The average molecular weight is 212 g/mol. The fraction of sp³-hybridized carbons (Fsp3) is 1.00. The second-order valence-corrected chi connectivity index (χ2v) is 4.92. The molecule has 88 valence electrons. The van der Waals surface area contributed by atoms with Gasteiger partial charge in [-0.15, -0.1) is 0 Å². The third-order valence-electron chi connectivity index (χ3n) is 3.75. The second kappa shape index (κ2) is 5.83. The molecule has 0 radical (unpaired) electrons. The molecular formula is C12H24N2O. The van der Waals surface area contributed by atoms with E-state index in [0.29, 0.717) is 6.04 Å². The van der Waals surface area contributed by atoms with E-state index < -0.39 is 0 Å². The molecule has 1 heterocycles. The number of nitrogens with zero attached hydrogens (tertiary/aromatic N) is 1. The van der Waals surface area contributed by atoms with Gasteiger partial charge in [-0.2, -0.15) is 0 Å². The van der Waals surface area contributed by atoms with Gasteiger partial charge in [0.25, 0.3) is 0 Å². The molecule has 1 aliphatic heterocycles. The van der Waals surface area contributed by atoms with Crippen molar-refractivity contribution < 1.29 is 4.74 Å². The van der Waals surface area contributed by atoms with Crippen molar-refractivity contribution in [2.24, 2.45) is 5.92 Å². The standard InChI is InChI=1S/C12H24N2O/c1-11(12-5-3-2-4-6-12)13-14-7-9-15-10-8-14/h11-13H,2-10H2,1H3. The van der Waals surface area contributed by atoms with E-state index in [0.717, 1.165) is 32.2 Å². The first-order valence-corrected chi connectivity index (χ1v) is 6.45. The molecule has 0 spiro atoms. The lowest BCUT2D eigenvalue weighted by Crippen LogP contribution is -2.51. The number of nitrogens with one attached hydrogen (secondary N) is 1. The van der Waals surface area contributed by atoms with Crippen LogP contribution in [0.5, 0.6) is 0 Å². The summed E-state index contributed by atoms with van der Waals surface area (Å²) in [5.41, 5.74) is 3.64. The monoisotopic (exact) mass is 212 g/mol. The van der Waals surface area contributed by atoms with Gasteiger partial charge >= 0.3 is 0 Å². The lowest BCUT2D eigenvalue weighted by atomic mass is 9.85. The Hall–Kier alpha value is -0.120. The van der Waals surface area contributed by atoms with Crippen molar-refractivity contribution in [2.75, 3.05) is 26.3 Å². The molecule has 15 heavy (non-hydrogen) atoms. The molecule has 3 nitrogen and oxygen atoms in total. The van der Waals surface area contributed by atoms with Crippen molar-refractivity contribution in [1.29, 1.82) is 0 Å². The Morgan fingerprint density at radius 2 is 1.80 bits per heavy atom. The number of morpholine rings is 1. The van der Waals surface area contributed by atoms with Gasteiger partial charge < -0.3 is 4.74 Å². The molecule has 1 unspecified atom stereocenters. The van der Waals surface area contributed by atoms with E-state index in [1.165, 1.54) is 32.1 Å². The molecule has 1 saturated heterocycles. The van der Waals surface area contributed by atoms with Gasteiger partial charge in [0, 0.05) is 19.1 Å². The summed E-state index contributed by atoms with van der Waals surface area (Å²) in [5, 5.41) is 2.34. The van der Waals surface area contributed by atoms with E-state index in [1.54, 1.807) is 0 Å². The second-order valence-electron chi connectivity index (χ2n) is 4.92. The van der Waals surface area contributed by atoms with Gasteiger partial charge in [0.2, 0.25) is 0 Å². The summed E-state index contributed by atoms with van der Waals surface area (Å²) in [7, 11) is 0. The summed E-state index contributed by atoms with van der Waals surface area (Å²) in [5.74, 6) is 0.890. The largest absolute Gasteiger partial charge is 0.379 e. The summed E-state index contributed by atoms with van der Waals surface area (Å²) in [6.07, 6.45) is 7.14. The van der Waals surface area contributed by atoms with Crippen molar-refractivity contribution >= 4 is 0 Å². The maximum Gasteiger partial charge on any atom is 0.0608 e. The van der Waals surface area contributed by atoms with Crippen LogP contribution < -0.4 is 5.43 Å². The predicted molar refractivity (Wildman–Crippen MR) is 61.6 cm³/mol. The Kier molecular flexibility index (Phi) is 4.42. The van der Waals surface area contributed by atoms with Crippen LogP contribution in [0.4, 0.5) is 0 Å². The van der Waals surface area contributed by atoms with Gasteiger partial charge in [-0.3, -0.25) is 5.43 Å². The third-order valence-corrected chi connectivity index (χ3v) is 3.75. The fourth-order valence-electron chi connectivity index (χ4n) is 2.72. The van der Waals surface area contributed by atoms with E-state index in [4.69, 9.17) is 4.74 Å². The van der Waals surface area contributed by atoms with Gasteiger partial charge in [-0.05, 0) is 25.7 Å². The molecule has 0 bridgehead atoms. The quantitative estimate of drug-likeness (QED) is 0.772. The van der Waals surface area contributed by atoms with Gasteiger partial charge in [-0.25, -0.2) is 5.01 Å². The highest BCUT2D eigenvalue weighted by atomic mass is 16.5. The Morgan fingerprint density at radius 3 is 2.47 bits per heavy atom. The molecule has 2 aliphatic rings. The molecule has 1 N–H and O–H groups in total. The number of hydrazine groups is 1. The number of hydrogen-bond donors (Lipinski definition) is 1. The summed E-state index contributed by atoms with van der Waals surface area (Å²) in [6, 6.07) is 0.642. The van der Waals surface area contributed by atoms with Crippen molar-refractivity contribution in [3.05, 3.63) is 0 Å². The topological polar surface area (TPSA) is 24.5 Å². The maximum absolute atomic E-state index is 5.35. The minimum absolute atomic E-state index is 0.642. The first-order chi connectivity index (χ1) is 7.36. The van der Waals surface area contributed by atoms with Gasteiger partial charge in [-0.1, -0.05) is 19.3 Å². The zero-order valence-corrected chi connectivity index (χ0v) is 9.87. The van der Waals surface area contributed by atoms with Crippen molar-refractivity contribution in [2.45, 2.75) is 45.1 Å². The number of rotatable bonds is 3. The Labute approximate surface area is 93.1 Å². The number of ether oxygens (including phenoxy) is 1. The molecule has 0 amide bonds. The first kappa shape index (κ1) is 11.4. The van der Waals surface area contributed by atoms with Crippen LogP contribution >= 0.6 is 0 Å². The van der Waals surface area contributed by atoms with E-state index in [9.17, 15) is 0 Å². The van der Waals surface area contributed by atoms with Crippen LogP contribution in [0.3, 0.4) is 0 Å². The van der Waals surface area contributed by atoms with E-state index in [2.05, 4.69) is 17.4 Å². The van der Waals surface area contributed by atoms with Crippen molar-refractivity contribution in [1.82, 2.24) is 10.4 Å². The predicted octanol–water partition coefficient (Wildman–Crippen LogP) is 1.79. The van der Waals surface area contributed by atoms with Crippen LogP contribution in [0.15, 0.2) is 0 Å². The van der Waals surface area contributed by atoms with E-state index in [-0.39, 0.29) is 0 Å². The smallest absolute Gasteiger partial charge is 0.0608 e. The maximum atomic E-state index is 5.35. The highest BCUT2D eigenvalue weighted by molar-refractivity contribution is 4.75. The molecule has 2 fully saturated rings. The molecule has 1 saturated carbocycles. The summed E-state index contributed by atoms with van der Waals surface area (Å²) in [6.45, 7) is 6.17. The molecule has 0 aromatic heterocycles. The zero-order valence-electron chi connectivity index (χ0n) is 9.87. The molecule has 0 aromatic rings. The van der Waals surface area contributed by atoms with Crippen LogP contribution in [-0.4, -0.2) is 37.4 Å². The SMILES string of the molecule is CC(NN1CCOCC1)C1CCCCC1. The van der Waals surface area contributed by atoms with Crippen LogP contribution in [0.2, 0.25) is 0 Å². The van der Waals surface area contributed by atoms with Gasteiger partial charge in [0.05, 0.1) is 13.2 Å². The lowest BCUT2D eigenvalue weighted by molar-refractivity contribution is -0.00195.